The molecule has 0 fully saturated rings. The van der Waals surface area contributed by atoms with Crippen molar-refractivity contribution in [2.24, 2.45) is 0 Å². The van der Waals surface area contributed by atoms with E-state index in [2.05, 4.69) is 10.6 Å². The zero-order chi connectivity index (χ0) is 14.8. The molecule has 4 heteroatoms. The van der Waals surface area contributed by atoms with E-state index in [1.165, 1.54) is 0 Å². The molecule has 112 valence electrons. The summed E-state index contributed by atoms with van der Waals surface area (Å²) in [4.78, 5) is 11.9. The van der Waals surface area contributed by atoms with Gasteiger partial charge in [-0.1, -0.05) is 0 Å². The van der Waals surface area contributed by atoms with Gasteiger partial charge in [0.25, 0.3) is 5.91 Å². The van der Waals surface area contributed by atoms with Gasteiger partial charge >= 0.3 is 0 Å². The van der Waals surface area contributed by atoms with Crippen molar-refractivity contribution in [1.82, 2.24) is 5.32 Å². The van der Waals surface area contributed by atoms with Crippen LogP contribution in [0.5, 0.6) is 0 Å². The van der Waals surface area contributed by atoms with Crippen LogP contribution in [0, 0.1) is 0 Å². The van der Waals surface area contributed by atoms with Gasteiger partial charge in [-0.2, -0.15) is 0 Å². The Bertz CT molecular complexity index is 388. The lowest BCUT2D eigenvalue weighted by Crippen LogP contribution is -2.24. The van der Waals surface area contributed by atoms with Crippen molar-refractivity contribution in [2.75, 3.05) is 25.0 Å². The molecule has 0 aliphatic rings. The van der Waals surface area contributed by atoms with Gasteiger partial charge in [-0.3, -0.25) is 4.79 Å². The fourth-order valence-corrected chi connectivity index (χ4v) is 1.79. The number of unbranched alkanes of at least 4 members (excludes halogenated alkanes) is 1. The lowest BCUT2D eigenvalue weighted by atomic mass is 10.2. The topological polar surface area (TPSA) is 50.4 Å². The maximum absolute atomic E-state index is 11.9. The molecular formula is C16H26N2O2. The average Bonchev–Trinajstić information content (AvgIpc) is 2.43. The van der Waals surface area contributed by atoms with Gasteiger partial charge in [0.2, 0.25) is 0 Å². The highest BCUT2D eigenvalue weighted by Crippen LogP contribution is 2.09. The summed E-state index contributed by atoms with van der Waals surface area (Å²) in [5, 5.41) is 6.13. The standard InChI is InChI=1S/C16H26N2O2/c1-4-17-15-9-7-14(8-10-15)16(19)18-11-5-6-12-20-13(2)3/h7-10,13,17H,4-6,11-12H2,1-3H3,(H,18,19). The van der Waals surface area contributed by atoms with Gasteiger partial charge < -0.3 is 15.4 Å². The first kappa shape index (κ1) is 16.5. The fourth-order valence-electron chi connectivity index (χ4n) is 1.79. The predicted octanol–water partition coefficient (Wildman–Crippen LogP) is 3.05. The quantitative estimate of drug-likeness (QED) is 0.683. The number of hydrogen-bond acceptors (Lipinski definition) is 3. The third-order valence-electron chi connectivity index (χ3n) is 2.84. The normalized spacial score (nSPS) is 10.6. The Balaban J connectivity index is 2.22. The summed E-state index contributed by atoms with van der Waals surface area (Å²) < 4.78 is 5.45. The first-order chi connectivity index (χ1) is 9.63. The molecule has 0 saturated heterocycles. The summed E-state index contributed by atoms with van der Waals surface area (Å²) in [7, 11) is 0. The number of amides is 1. The Kier molecular flexibility index (Phi) is 7.73. The average molecular weight is 278 g/mol. The number of nitrogens with one attached hydrogen (secondary N) is 2. The Hall–Kier alpha value is -1.55. The van der Waals surface area contributed by atoms with Crippen LogP contribution in [0.25, 0.3) is 0 Å². The SMILES string of the molecule is CCNc1ccc(C(=O)NCCCCOC(C)C)cc1. The molecule has 1 rings (SSSR count). The van der Waals surface area contributed by atoms with Gasteiger partial charge in [0.05, 0.1) is 6.10 Å². The molecule has 0 bridgehead atoms. The van der Waals surface area contributed by atoms with Crippen LogP contribution in [0.3, 0.4) is 0 Å². The number of carbonyl (C=O) groups excluding carboxylic acids is 1. The van der Waals surface area contributed by atoms with Gasteiger partial charge in [0.15, 0.2) is 0 Å². The number of ether oxygens (including phenoxy) is 1. The highest BCUT2D eigenvalue weighted by Gasteiger charge is 2.04. The van der Waals surface area contributed by atoms with Crippen molar-refractivity contribution < 1.29 is 9.53 Å². The number of rotatable bonds is 9. The first-order valence-corrected chi connectivity index (χ1v) is 7.37. The number of benzene rings is 1. The van der Waals surface area contributed by atoms with E-state index in [0.717, 1.165) is 31.7 Å². The summed E-state index contributed by atoms with van der Waals surface area (Å²) in [6.45, 7) is 8.42. The van der Waals surface area contributed by atoms with Crippen LogP contribution in [-0.2, 0) is 4.74 Å². The van der Waals surface area contributed by atoms with Gasteiger partial charge in [-0.25, -0.2) is 0 Å². The van der Waals surface area contributed by atoms with Gasteiger partial charge in [0, 0.05) is 30.9 Å². The highest BCUT2D eigenvalue weighted by atomic mass is 16.5. The molecule has 0 aliphatic heterocycles. The molecule has 0 unspecified atom stereocenters. The van der Waals surface area contributed by atoms with E-state index in [0.29, 0.717) is 12.1 Å². The molecule has 0 spiro atoms. The van der Waals surface area contributed by atoms with Crippen LogP contribution < -0.4 is 10.6 Å². The molecule has 20 heavy (non-hydrogen) atoms. The van der Waals surface area contributed by atoms with E-state index >= 15 is 0 Å². The Morgan fingerprint density at radius 2 is 1.90 bits per heavy atom. The largest absolute Gasteiger partial charge is 0.385 e. The minimum atomic E-state index is -0.0159. The second-order valence-corrected chi connectivity index (χ2v) is 4.99. The molecule has 0 aliphatic carbocycles. The van der Waals surface area contributed by atoms with Gasteiger partial charge in [-0.15, -0.1) is 0 Å². The molecular weight excluding hydrogens is 252 g/mol. The van der Waals surface area contributed by atoms with Crippen molar-refractivity contribution in [2.45, 2.75) is 39.7 Å². The third kappa shape index (κ3) is 6.57. The van der Waals surface area contributed by atoms with E-state index in [-0.39, 0.29) is 12.0 Å². The van der Waals surface area contributed by atoms with Crippen molar-refractivity contribution >= 4 is 11.6 Å². The zero-order valence-corrected chi connectivity index (χ0v) is 12.7. The number of hydrogen-bond donors (Lipinski definition) is 2. The maximum Gasteiger partial charge on any atom is 0.251 e. The zero-order valence-electron chi connectivity index (χ0n) is 12.7. The van der Waals surface area contributed by atoms with Crippen LogP contribution >= 0.6 is 0 Å². The van der Waals surface area contributed by atoms with Crippen LogP contribution in [0.1, 0.15) is 44.0 Å². The van der Waals surface area contributed by atoms with Gasteiger partial charge in [0.1, 0.15) is 0 Å². The Morgan fingerprint density at radius 1 is 1.20 bits per heavy atom. The molecule has 0 radical (unpaired) electrons. The second-order valence-electron chi connectivity index (χ2n) is 4.99. The van der Waals surface area contributed by atoms with Crippen molar-refractivity contribution in [3.05, 3.63) is 29.8 Å². The summed E-state index contributed by atoms with van der Waals surface area (Å²) in [5.41, 5.74) is 1.74. The summed E-state index contributed by atoms with van der Waals surface area (Å²) in [5.74, 6) is -0.0159. The van der Waals surface area contributed by atoms with Crippen molar-refractivity contribution in [1.29, 1.82) is 0 Å². The molecule has 0 atom stereocenters. The van der Waals surface area contributed by atoms with E-state index in [4.69, 9.17) is 4.74 Å². The van der Waals surface area contributed by atoms with Crippen LogP contribution in [0.2, 0.25) is 0 Å². The predicted molar refractivity (Wildman–Crippen MR) is 83.3 cm³/mol. The summed E-state index contributed by atoms with van der Waals surface area (Å²) in [6, 6.07) is 7.54. The summed E-state index contributed by atoms with van der Waals surface area (Å²) >= 11 is 0. The molecule has 0 heterocycles. The molecule has 0 saturated carbocycles. The van der Waals surface area contributed by atoms with E-state index in [1.807, 2.05) is 45.0 Å². The lowest BCUT2D eigenvalue weighted by molar-refractivity contribution is 0.0754. The van der Waals surface area contributed by atoms with E-state index in [9.17, 15) is 4.79 Å². The first-order valence-electron chi connectivity index (χ1n) is 7.37. The molecule has 1 aromatic carbocycles. The minimum Gasteiger partial charge on any atom is -0.385 e. The van der Waals surface area contributed by atoms with E-state index in [1.54, 1.807) is 0 Å². The number of anilines is 1. The second kappa shape index (κ2) is 9.37. The van der Waals surface area contributed by atoms with Gasteiger partial charge in [-0.05, 0) is 57.9 Å². The molecule has 0 aromatic heterocycles. The Morgan fingerprint density at radius 3 is 2.50 bits per heavy atom. The fraction of sp³-hybridized carbons (Fsp3) is 0.562. The maximum atomic E-state index is 11.9. The highest BCUT2D eigenvalue weighted by molar-refractivity contribution is 5.94. The van der Waals surface area contributed by atoms with Crippen LogP contribution in [-0.4, -0.2) is 31.7 Å². The Labute approximate surface area is 121 Å². The molecule has 1 aromatic rings. The van der Waals surface area contributed by atoms with Crippen LogP contribution in [0.15, 0.2) is 24.3 Å². The van der Waals surface area contributed by atoms with Crippen molar-refractivity contribution in [3.8, 4) is 0 Å². The van der Waals surface area contributed by atoms with Crippen LogP contribution in [0.4, 0.5) is 5.69 Å². The third-order valence-corrected chi connectivity index (χ3v) is 2.84. The van der Waals surface area contributed by atoms with E-state index < -0.39 is 0 Å². The summed E-state index contributed by atoms with van der Waals surface area (Å²) in [6.07, 6.45) is 2.19. The minimum absolute atomic E-state index is 0.0159. The smallest absolute Gasteiger partial charge is 0.251 e. The van der Waals surface area contributed by atoms with Crippen molar-refractivity contribution in [3.63, 3.8) is 0 Å². The molecule has 4 nitrogen and oxygen atoms in total. The lowest BCUT2D eigenvalue weighted by Gasteiger charge is -2.08. The number of carbonyl (C=O) groups is 1. The molecule has 1 amide bonds. The molecule has 2 N–H and O–H groups in total. The monoisotopic (exact) mass is 278 g/mol.